The molecule has 2 aliphatic carbocycles. The van der Waals surface area contributed by atoms with Crippen molar-refractivity contribution in [2.75, 3.05) is 34.2 Å². The van der Waals surface area contributed by atoms with Crippen LogP contribution in [0.25, 0.3) is 0 Å². The number of H-pyrrole nitrogens is 1. The fraction of sp³-hybridized carbons (Fsp3) is 0.304. The number of aromatic amines is 1. The van der Waals surface area contributed by atoms with Gasteiger partial charge in [0.1, 0.15) is 0 Å². The summed E-state index contributed by atoms with van der Waals surface area (Å²) in [6.45, 7) is 1.39. The quantitative estimate of drug-likeness (QED) is 0.723. The van der Waals surface area contributed by atoms with Crippen LogP contribution in [0.2, 0.25) is 0 Å². The highest BCUT2D eigenvalue weighted by Gasteiger charge is 2.35. The first-order chi connectivity index (χ1) is 14.4. The molecule has 7 heteroatoms. The number of allylic oxidation sites excluding steroid dienone is 6. The van der Waals surface area contributed by atoms with Crippen molar-refractivity contribution in [1.29, 1.82) is 0 Å². The number of nitrogens with one attached hydrogen (secondary N) is 2. The van der Waals surface area contributed by atoms with Crippen LogP contribution in [-0.2, 0) is 11.2 Å². The van der Waals surface area contributed by atoms with Crippen LogP contribution in [0.4, 0.5) is 0 Å². The first-order valence-corrected chi connectivity index (χ1v) is 9.99. The van der Waals surface area contributed by atoms with E-state index < -0.39 is 0 Å². The molecular weight excluding hydrogens is 380 g/mol. The predicted octanol–water partition coefficient (Wildman–Crippen LogP) is 1.79. The van der Waals surface area contributed by atoms with Gasteiger partial charge in [0.25, 0.3) is 0 Å². The first-order valence-electron chi connectivity index (χ1n) is 9.99. The van der Waals surface area contributed by atoms with Crippen molar-refractivity contribution in [1.82, 2.24) is 15.2 Å². The van der Waals surface area contributed by atoms with E-state index in [1.807, 2.05) is 32.1 Å². The summed E-state index contributed by atoms with van der Waals surface area (Å²) in [7, 11) is 5.78. The lowest BCUT2D eigenvalue weighted by molar-refractivity contribution is -0.111. The molecule has 7 nitrogen and oxygen atoms in total. The molecule has 2 N–H and O–H groups in total. The van der Waals surface area contributed by atoms with Crippen LogP contribution in [0.5, 0.6) is 0 Å². The van der Waals surface area contributed by atoms with Crippen molar-refractivity contribution in [3.8, 4) is 0 Å². The minimum absolute atomic E-state index is 0.0719. The molecule has 0 spiro atoms. The zero-order valence-corrected chi connectivity index (χ0v) is 17.3. The topological polar surface area (TPSA) is 94.6 Å². The Bertz CT molecular complexity index is 1110. The van der Waals surface area contributed by atoms with Gasteiger partial charge >= 0.3 is 0 Å². The summed E-state index contributed by atoms with van der Waals surface area (Å²) in [5.41, 5.74) is 4.88. The summed E-state index contributed by atoms with van der Waals surface area (Å²) in [5, 5.41) is 3.12. The van der Waals surface area contributed by atoms with Crippen molar-refractivity contribution >= 4 is 23.1 Å². The Balaban J connectivity index is 1.89. The number of ketones is 3. The molecule has 0 radical (unpaired) electrons. The summed E-state index contributed by atoms with van der Waals surface area (Å²) in [6.07, 6.45) is 8.89. The first kappa shape index (κ1) is 20.1. The van der Waals surface area contributed by atoms with E-state index in [0.29, 0.717) is 59.9 Å². The Morgan fingerprint density at radius 1 is 1.00 bits per heavy atom. The molecule has 1 aromatic heterocycles. The largest absolute Gasteiger partial charge is 0.350 e. The summed E-state index contributed by atoms with van der Waals surface area (Å²) in [4.78, 5) is 47.8. The van der Waals surface area contributed by atoms with Crippen LogP contribution in [0.15, 0.2) is 52.2 Å². The average molecular weight is 404 g/mol. The Morgan fingerprint density at radius 3 is 2.50 bits per heavy atom. The van der Waals surface area contributed by atoms with Crippen LogP contribution in [0.1, 0.15) is 38.5 Å². The third-order valence-electron chi connectivity index (χ3n) is 5.48. The van der Waals surface area contributed by atoms with E-state index in [0.717, 1.165) is 11.1 Å². The summed E-state index contributed by atoms with van der Waals surface area (Å²) in [5.74, 6) is -0.477. The molecule has 0 fully saturated rings. The van der Waals surface area contributed by atoms with E-state index >= 15 is 0 Å². The number of fused-ring (bicyclic) bond motifs is 2. The fourth-order valence-corrected chi connectivity index (χ4v) is 4.02. The van der Waals surface area contributed by atoms with E-state index in [9.17, 15) is 14.4 Å². The second kappa shape index (κ2) is 7.93. The van der Waals surface area contributed by atoms with Gasteiger partial charge in [-0.1, -0.05) is 6.08 Å². The molecule has 1 aromatic rings. The van der Waals surface area contributed by atoms with E-state index in [1.165, 1.54) is 12.2 Å². The Kier molecular flexibility index (Phi) is 5.32. The van der Waals surface area contributed by atoms with E-state index in [1.54, 1.807) is 12.2 Å². The van der Waals surface area contributed by atoms with Crippen molar-refractivity contribution in [3.05, 3.63) is 69.7 Å². The zero-order chi connectivity index (χ0) is 21.4. The van der Waals surface area contributed by atoms with Gasteiger partial charge in [-0.15, -0.1) is 0 Å². The molecule has 0 amide bonds. The molecule has 30 heavy (non-hydrogen) atoms. The standard InChI is InChI=1S/C23H24N4O3/c1-24-11-9-13-19-15(5-4-6-16(19)28)25-21(13)22-14(10-12-27(2)3)20-17(29)7-8-18(30)23(20)26-22/h4-8,24,26H,9-12H2,1-3H3. The van der Waals surface area contributed by atoms with Gasteiger partial charge in [-0.25, -0.2) is 4.99 Å². The maximum atomic E-state index is 12.7. The molecular formula is C23H24N4O3. The number of hydrogen-bond acceptors (Lipinski definition) is 6. The van der Waals surface area contributed by atoms with Crippen LogP contribution in [0.3, 0.4) is 0 Å². The van der Waals surface area contributed by atoms with Gasteiger partial charge in [-0.2, -0.15) is 0 Å². The number of aliphatic imine (C=N–C) groups is 1. The highest BCUT2D eigenvalue weighted by Crippen LogP contribution is 2.36. The fourth-order valence-electron chi connectivity index (χ4n) is 4.02. The monoisotopic (exact) mass is 404 g/mol. The SMILES string of the molecule is CNCCC1=C2C(=O)C=CC=C2N=C1c1[nH]c2c(c1CCN(C)C)C(=O)C=CC2=O. The molecule has 0 saturated heterocycles. The summed E-state index contributed by atoms with van der Waals surface area (Å²) in [6, 6.07) is 0. The van der Waals surface area contributed by atoms with Crippen molar-refractivity contribution in [2.45, 2.75) is 12.8 Å². The van der Waals surface area contributed by atoms with Gasteiger partial charge in [0.15, 0.2) is 11.6 Å². The highest BCUT2D eigenvalue weighted by atomic mass is 16.1. The second-order valence-corrected chi connectivity index (χ2v) is 7.79. The molecule has 0 unspecified atom stereocenters. The van der Waals surface area contributed by atoms with Crippen LogP contribution in [-0.4, -0.2) is 67.2 Å². The minimum Gasteiger partial charge on any atom is -0.350 e. The molecule has 154 valence electrons. The number of carbonyl (C=O) groups excluding carboxylic acids is 3. The lowest BCUT2D eigenvalue weighted by atomic mass is 9.91. The normalized spacial score (nSPS) is 17.7. The second-order valence-electron chi connectivity index (χ2n) is 7.79. The maximum absolute atomic E-state index is 12.7. The molecule has 4 rings (SSSR count). The number of hydrogen-bond donors (Lipinski definition) is 2. The number of likely N-dealkylation sites (N-methyl/N-ethyl adjacent to an activating group) is 1. The summed E-state index contributed by atoms with van der Waals surface area (Å²) >= 11 is 0. The van der Waals surface area contributed by atoms with Gasteiger partial charge in [0.05, 0.1) is 33.9 Å². The molecule has 0 atom stereocenters. The van der Waals surface area contributed by atoms with Gasteiger partial charge < -0.3 is 15.2 Å². The van der Waals surface area contributed by atoms with E-state index in [4.69, 9.17) is 4.99 Å². The van der Waals surface area contributed by atoms with Crippen LogP contribution < -0.4 is 5.32 Å². The van der Waals surface area contributed by atoms with Gasteiger partial charge in [0.2, 0.25) is 5.78 Å². The van der Waals surface area contributed by atoms with Gasteiger partial charge in [0, 0.05) is 6.54 Å². The predicted molar refractivity (Wildman–Crippen MR) is 115 cm³/mol. The smallest absolute Gasteiger partial charge is 0.202 e. The van der Waals surface area contributed by atoms with Crippen LogP contribution in [0, 0.1) is 0 Å². The molecule has 2 heterocycles. The molecule has 0 saturated carbocycles. The maximum Gasteiger partial charge on any atom is 0.202 e. The third kappa shape index (κ3) is 3.36. The zero-order valence-electron chi connectivity index (χ0n) is 17.3. The third-order valence-corrected chi connectivity index (χ3v) is 5.48. The van der Waals surface area contributed by atoms with E-state index in [-0.39, 0.29) is 17.3 Å². The summed E-state index contributed by atoms with van der Waals surface area (Å²) < 4.78 is 0. The lowest BCUT2D eigenvalue weighted by Gasteiger charge is -2.13. The van der Waals surface area contributed by atoms with Crippen molar-refractivity contribution in [2.24, 2.45) is 4.99 Å². The minimum atomic E-state index is -0.223. The highest BCUT2D eigenvalue weighted by molar-refractivity contribution is 6.27. The molecule has 0 aromatic carbocycles. The van der Waals surface area contributed by atoms with Gasteiger partial charge in [-0.05, 0) is 76.0 Å². The Morgan fingerprint density at radius 2 is 1.77 bits per heavy atom. The Hall–Kier alpha value is -3.16. The van der Waals surface area contributed by atoms with E-state index in [2.05, 4.69) is 10.3 Å². The number of aromatic nitrogens is 1. The number of carbonyl (C=O) groups is 3. The molecule has 3 aliphatic rings. The van der Waals surface area contributed by atoms with Crippen LogP contribution >= 0.6 is 0 Å². The molecule has 0 bridgehead atoms. The average Bonchev–Trinajstić information content (AvgIpc) is 3.27. The molecule has 1 aliphatic heterocycles. The Labute approximate surface area is 174 Å². The van der Waals surface area contributed by atoms with Crippen molar-refractivity contribution in [3.63, 3.8) is 0 Å². The number of rotatable bonds is 7. The lowest BCUT2D eigenvalue weighted by Crippen LogP contribution is -2.19. The van der Waals surface area contributed by atoms with Gasteiger partial charge in [-0.3, -0.25) is 14.4 Å². The van der Waals surface area contributed by atoms with Crippen molar-refractivity contribution < 1.29 is 14.4 Å². The number of nitrogens with zero attached hydrogens (tertiary/aromatic N) is 2.